The Labute approximate surface area is 104 Å². The van der Waals surface area contributed by atoms with Crippen molar-refractivity contribution in [2.24, 2.45) is 0 Å². The third kappa shape index (κ3) is 4.93. The van der Waals surface area contributed by atoms with Crippen LogP contribution in [0.4, 0.5) is 0 Å². The molecule has 2 heteroatoms. The summed E-state index contributed by atoms with van der Waals surface area (Å²) in [6.45, 7) is 3.96. The van der Waals surface area contributed by atoms with Crippen molar-refractivity contribution in [2.45, 2.75) is 45.3 Å². The third-order valence-electron chi connectivity index (χ3n) is 2.41. The van der Waals surface area contributed by atoms with Gasteiger partial charge in [0.15, 0.2) is 0 Å². The molecule has 0 aliphatic carbocycles. The zero-order valence-electron chi connectivity index (χ0n) is 10.5. The average Bonchev–Trinajstić information content (AvgIpc) is 2.28. The Bertz CT molecular complexity index is 377. The maximum atomic E-state index is 9.98. The van der Waals surface area contributed by atoms with Crippen molar-refractivity contribution in [3.63, 3.8) is 0 Å². The van der Waals surface area contributed by atoms with Gasteiger partial charge in [0.05, 0.1) is 12.2 Å². The van der Waals surface area contributed by atoms with Gasteiger partial charge in [0.1, 0.15) is 5.75 Å². The number of ether oxygens (including phenoxy) is 1. The molecule has 1 rings (SSSR count). The van der Waals surface area contributed by atoms with Gasteiger partial charge in [-0.25, -0.2) is 0 Å². The summed E-state index contributed by atoms with van der Waals surface area (Å²) in [4.78, 5) is 0. The lowest BCUT2D eigenvalue weighted by Gasteiger charge is -2.14. The Hall–Kier alpha value is -1.46. The monoisotopic (exact) mass is 232 g/mol. The highest BCUT2D eigenvalue weighted by molar-refractivity contribution is 5.30. The molecule has 0 amide bonds. The summed E-state index contributed by atoms with van der Waals surface area (Å²) in [5.74, 6) is 3.38. The van der Waals surface area contributed by atoms with Gasteiger partial charge in [-0.15, -0.1) is 12.3 Å². The summed E-state index contributed by atoms with van der Waals surface area (Å²) in [5.41, 5.74) is 0.889. The maximum absolute atomic E-state index is 9.98. The molecule has 1 aromatic rings. The first-order chi connectivity index (χ1) is 8.13. The van der Waals surface area contributed by atoms with Crippen LogP contribution < -0.4 is 4.74 Å². The van der Waals surface area contributed by atoms with Gasteiger partial charge in [0, 0.05) is 6.42 Å². The molecule has 0 bridgehead atoms. The van der Waals surface area contributed by atoms with Gasteiger partial charge in [-0.2, -0.15) is 0 Å². The molecule has 0 saturated heterocycles. The van der Waals surface area contributed by atoms with E-state index in [4.69, 9.17) is 11.2 Å². The van der Waals surface area contributed by atoms with Gasteiger partial charge in [0.2, 0.25) is 0 Å². The summed E-state index contributed by atoms with van der Waals surface area (Å²) in [5, 5.41) is 9.98. The van der Waals surface area contributed by atoms with Gasteiger partial charge in [0.25, 0.3) is 0 Å². The van der Waals surface area contributed by atoms with Crippen LogP contribution in [0.3, 0.4) is 0 Å². The van der Waals surface area contributed by atoms with Gasteiger partial charge >= 0.3 is 0 Å². The first-order valence-electron chi connectivity index (χ1n) is 6.01. The Morgan fingerprint density at radius 1 is 1.41 bits per heavy atom. The Morgan fingerprint density at radius 2 is 2.18 bits per heavy atom. The molecule has 0 heterocycles. The molecule has 1 atom stereocenters. The van der Waals surface area contributed by atoms with Crippen molar-refractivity contribution in [1.29, 1.82) is 0 Å². The molecule has 2 nitrogen and oxygen atoms in total. The third-order valence-corrected chi connectivity index (χ3v) is 2.41. The zero-order chi connectivity index (χ0) is 12.7. The highest BCUT2D eigenvalue weighted by Gasteiger charge is 2.08. The van der Waals surface area contributed by atoms with Crippen molar-refractivity contribution >= 4 is 0 Å². The summed E-state index contributed by atoms with van der Waals surface area (Å²) in [6, 6.07) is 7.60. The van der Waals surface area contributed by atoms with E-state index in [0.29, 0.717) is 12.8 Å². The fraction of sp³-hybridized carbons (Fsp3) is 0.467. The van der Waals surface area contributed by atoms with Crippen LogP contribution in [0.25, 0.3) is 0 Å². The summed E-state index contributed by atoms with van der Waals surface area (Å²) < 4.78 is 5.59. The highest BCUT2D eigenvalue weighted by atomic mass is 16.5. The normalized spacial score (nSPS) is 12.2. The van der Waals surface area contributed by atoms with E-state index in [-0.39, 0.29) is 6.10 Å². The van der Waals surface area contributed by atoms with Crippen molar-refractivity contribution in [2.75, 3.05) is 0 Å². The molecule has 0 spiro atoms. The van der Waals surface area contributed by atoms with Crippen molar-refractivity contribution < 1.29 is 9.84 Å². The minimum Gasteiger partial charge on any atom is -0.491 e. The van der Waals surface area contributed by atoms with E-state index >= 15 is 0 Å². The summed E-state index contributed by atoms with van der Waals surface area (Å²) >= 11 is 0. The molecule has 1 unspecified atom stereocenters. The van der Waals surface area contributed by atoms with Gasteiger partial charge in [-0.05, 0) is 44.4 Å². The Kier molecular flexibility index (Phi) is 5.59. The standard InChI is InChI=1S/C15H20O2/c1-4-5-6-10-15(16)13-8-7-9-14(11-13)17-12(2)3/h1,7-9,11-12,15-16H,5-6,10H2,2-3H3. The highest BCUT2D eigenvalue weighted by Crippen LogP contribution is 2.23. The van der Waals surface area contributed by atoms with Gasteiger partial charge in [-0.1, -0.05) is 12.1 Å². The first kappa shape index (κ1) is 13.6. The van der Waals surface area contributed by atoms with E-state index in [1.54, 1.807) is 0 Å². The van der Waals surface area contributed by atoms with Crippen molar-refractivity contribution in [3.8, 4) is 18.1 Å². The molecule has 1 aromatic carbocycles. The predicted octanol–water partition coefficient (Wildman–Crippen LogP) is 3.31. The van der Waals surface area contributed by atoms with Crippen LogP contribution in [0.5, 0.6) is 5.75 Å². The molecular formula is C15H20O2. The largest absolute Gasteiger partial charge is 0.491 e. The molecule has 0 aliphatic heterocycles. The van der Waals surface area contributed by atoms with Crippen LogP contribution >= 0.6 is 0 Å². The Balaban J connectivity index is 2.61. The smallest absolute Gasteiger partial charge is 0.120 e. The first-order valence-corrected chi connectivity index (χ1v) is 6.01. The average molecular weight is 232 g/mol. The minimum absolute atomic E-state index is 0.142. The second-order valence-electron chi connectivity index (χ2n) is 4.35. The number of terminal acetylenes is 1. The second kappa shape index (κ2) is 6.98. The van der Waals surface area contributed by atoms with E-state index in [1.165, 1.54) is 0 Å². The SMILES string of the molecule is C#CCCCC(O)c1cccc(OC(C)C)c1. The topological polar surface area (TPSA) is 29.5 Å². The molecule has 0 saturated carbocycles. The van der Waals surface area contributed by atoms with Crippen LogP contribution in [0.2, 0.25) is 0 Å². The number of rotatable bonds is 6. The number of benzene rings is 1. The Morgan fingerprint density at radius 3 is 2.82 bits per heavy atom. The number of unbranched alkanes of at least 4 members (excludes halogenated alkanes) is 1. The number of aliphatic hydroxyl groups is 1. The fourth-order valence-electron chi connectivity index (χ4n) is 1.63. The van der Waals surface area contributed by atoms with Gasteiger partial charge < -0.3 is 9.84 Å². The molecule has 1 N–H and O–H groups in total. The van der Waals surface area contributed by atoms with E-state index in [1.807, 2.05) is 38.1 Å². The van der Waals surface area contributed by atoms with Crippen molar-refractivity contribution in [1.82, 2.24) is 0 Å². The zero-order valence-corrected chi connectivity index (χ0v) is 10.5. The number of hydrogen-bond donors (Lipinski definition) is 1. The molecule has 0 fully saturated rings. The van der Waals surface area contributed by atoms with E-state index in [9.17, 15) is 5.11 Å². The summed E-state index contributed by atoms with van der Waals surface area (Å²) in [6.07, 6.45) is 7.10. The number of hydrogen-bond acceptors (Lipinski definition) is 2. The lowest BCUT2D eigenvalue weighted by Crippen LogP contribution is -2.06. The van der Waals surface area contributed by atoms with Crippen molar-refractivity contribution in [3.05, 3.63) is 29.8 Å². The molecule has 0 aliphatic rings. The fourth-order valence-corrected chi connectivity index (χ4v) is 1.63. The molecule has 0 aromatic heterocycles. The second-order valence-corrected chi connectivity index (χ2v) is 4.35. The van der Waals surface area contributed by atoms with Crippen LogP contribution in [-0.4, -0.2) is 11.2 Å². The predicted molar refractivity (Wildman–Crippen MR) is 69.8 cm³/mol. The molecule has 92 valence electrons. The molecular weight excluding hydrogens is 212 g/mol. The van der Waals surface area contributed by atoms with Crippen LogP contribution in [0.1, 0.15) is 44.8 Å². The van der Waals surface area contributed by atoms with Crippen LogP contribution in [0, 0.1) is 12.3 Å². The molecule has 17 heavy (non-hydrogen) atoms. The number of aliphatic hydroxyl groups excluding tert-OH is 1. The summed E-state index contributed by atoms with van der Waals surface area (Å²) in [7, 11) is 0. The lowest BCUT2D eigenvalue weighted by atomic mass is 10.0. The van der Waals surface area contributed by atoms with E-state index in [2.05, 4.69) is 5.92 Å². The minimum atomic E-state index is -0.459. The quantitative estimate of drug-likeness (QED) is 0.602. The van der Waals surface area contributed by atoms with E-state index in [0.717, 1.165) is 17.7 Å². The lowest BCUT2D eigenvalue weighted by molar-refractivity contribution is 0.164. The van der Waals surface area contributed by atoms with Crippen LogP contribution in [-0.2, 0) is 0 Å². The van der Waals surface area contributed by atoms with Crippen LogP contribution in [0.15, 0.2) is 24.3 Å². The molecule has 0 radical (unpaired) electrons. The van der Waals surface area contributed by atoms with Gasteiger partial charge in [-0.3, -0.25) is 0 Å². The maximum Gasteiger partial charge on any atom is 0.120 e. The van der Waals surface area contributed by atoms with E-state index < -0.39 is 6.10 Å².